The van der Waals surface area contributed by atoms with Gasteiger partial charge in [-0.25, -0.2) is 0 Å². The van der Waals surface area contributed by atoms with Gasteiger partial charge in [-0.05, 0) is 20.8 Å². The van der Waals surface area contributed by atoms with Gasteiger partial charge < -0.3 is 10.2 Å². The molecule has 1 N–H and O–H groups in total. The van der Waals surface area contributed by atoms with Gasteiger partial charge in [0.05, 0.1) is 0 Å². The summed E-state index contributed by atoms with van der Waals surface area (Å²) in [6, 6.07) is -0.435. The van der Waals surface area contributed by atoms with E-state index in [-0.39, 0.29) is 11.8 Å². The highest BCUT2D eigenvalue weighted by atomic mass is 16.2. The van der Waals surface area contributed by atoms with Crippen LogP contribution >= 0.6 is 0 Å². The molecule has 0 aliphatic carbocycles. The first-order valence-corrected chi connectivity index (χ1v) is 4.64. The first kappa shape index (κ1) is 10.8. The molecule has 1 unspecified atom stereocenters. The lowest BCUT2D eigenvalue weighted by atomic mass is 9.96. The average molecular weight is 196 g/mol. The third-order valence-electron chi connectivity index (χ3n) is 2.53. The molecular weight excluding hydrogens is 180 g/mol. The lowest BCUT2D eigenvalue weighted by Crippen LogP contribution is -2.67. The lowest BCUT2D eigenvalue weighted by Gasteiger charge is -2.42. The summed E-state index contributed by atoms with van der Waals surface area (Å²) in [5, 5.41) is 2.64. The maximum absolute atomic E-state index is 11.7. The minimum Gasteiger partial charge on any atom is -0.343 e. The summed E-state index contributed by atoms with van der Waals surface area (Å²) in [5.41, 5.74) is -0.780. The molecule has 0 spiro atoms. The standard InChI is InChI=1S/C10H16N2O2/c1-5-6-12-8(13)7(2)11-9(14)10(12,3)4/h5,7H,1,6H2,2-4H3,(H,11,14). The van der Waals surface area contributed by atoms with E-state index in [1.807, 2.05) is 0 Å². The minimum absolute atomic E-state index is 0.0606. The van der Waals surface area contributed by atoms with Crippen LogP contribution in [0.25, 0.3) is 0 Å². The number of rotatable bonds is 2. The third kappa shape index (κ3) is 1.52. The molecule has 1 aliphatic rings. The van der Waals surface area contributed by atoms with Crippen molar-refractivity contribution in [3.63, 3.8) is 0 Å². The van der Waals surface area contributed by atoms with Crippen molar-refractivity contribution in [2.45, 2.75) is 32.4 Å². The summed E-state index contributed by atoms with van der Waals surface area (Å²) in [6.07, 6.45) is 1.63. The summed E-state index contributed by atoms with van der Waals surface area (Å²) in [6.45, 7) is 9.14. The van der Waals surface area contributed by atoms with Gasteiger partial charge >= 0.3 is 0 Å². The first-order chi connectivity index (χ1) is 6.41. The second-order valence-corrected chi connectivity index (χ2v) is 3.99. The average Bonchev–Trinajstić information content (AvgIpc) is 2.10. The van der Waals surface area contributed by atoms with Crippen LogP contribution in [0.15, 0.2) is 12.7 Å². The van der Waals surface area contributed by atoms with Crippen molar-refractivity contribution in [2.75, 3.05) is 6.54 Å². The Bertz CT molecular complexity index is 284. The van der Waals surface area contributed by atoms with E-state index in [0.717, 1.165) is 0 Å². The van der Waals surface area contributed by atoms with Crippen molar-refractivity contribution in [3.05, 3.63) is 12.7 Å². The molecular formula is C10H16N2O2. The van der Waals surface area contributed by atoms with Gasteiger partial charge in [-0.1, -0.05) is 6.08 Å². The second-order valence-electron chi connectivity index (χ2n) is 3.99. The number of amides is 2. The lowest BCUT2D eigenvalue weighted by molar-refractivity contribution is -0.153. The van der Waals surface area contributed by atoms with Crippen molar-refractivity contribution in [2.24, 2.45) is 0 Å². The van der Waals surface area contributed by atoms with E-state index in [9.17, 15) is 9.59 Å². The Morgan fingerprint density at radius 1 is 1.57 bits per heavy atom. The fourth-order valence-electron chi connectivity index (χ4n) is 1.51. The quantitative estimate of drug-likeness (QED) is 0.646. The third-order valence-corrected chi connectivity index (χ3v) is 2.53. The van der Waals surface area contributed by atoms with Gasteiger partial charge in [-0.2, -0.15) is 0 Å². The molecule has 1 atom stereocenters. The highest BCUT2D eigenvalue weighted by molar-refractivity contribution is 5.99. The first-order valence-electron chi connectivity index (χ1n) is 4.64. The highest BCUT2D eigenvalue weighted by Gasteiger charge is 2.43. The zero-order chi connectivity index (χ0) is 10.9. The molecule has 1 saturated heterocycles. The van der Waals surface area contributed by atoms with Crippen molar-refractivity contribution < 1.29 is 9.59 Å². The van der Waals surface area contributed by atoms with Crippen LogP contribution in [0.4, 0.5) is 0 Å². The molecule has 78 valence electrons. The Kier molecular flexibility index (Phi) is 2.64. The van der Waals surface area contributed by atoms with E-state index in [0.29, 0.717) is 6.54 Å². The van der Waals surface area contributed by atoms with Crippen LogP contribution in [-0.2, 0) is 9.59 Å². The molecule has 0 radical (unpaired) electrons. The molecule has 0 bridgehead atoms. The topological polar surface area (TPSA) is 49.4 Å². The van der Waals surface area contributed by atoms with Crippen molar-refractivity contribution in [1.82, 2.24) is 10.2 Å². The highest BCUT2D eigenvalue weighted by Crippen LogP contribution is 2.20. The summed E-state index contributed by atoms with van der Waals surface area (Å²) in [5.74, 6) is -0.180. The van der Waals surface area contributed by atoms with Crippen LogP contribution in [0.1, 0.15) is 20.8 Å². The molecule has 0 aromatic heterocycles. The number of carbonyl (C=O) groups is 2. The Labute approximate surface area is 84.0 Å². The van der Waals surface area contributed by atoms with Crippen LogP contribution in [0, 0.1) is 0 Å². The molecule has 1 heterocycles. The van der Waals surface area contributed by atoms with Gasteiger partial charge in [0, 0.05) is 6.54 Å². The molecule has 0 aromatic rings. The van der Waals surface area contributed by atoms with Crippen LogP contribution in [-0.4, -0.2) is 34.8 Å². The van der Waals surface area contributed by atoms with Crippen molar-refractivity contribution >= 4 is 11.8 Å². The Balaban J connectivity index is 2.99. The zero-order valence-electron chi connectivity index (χ0n) is 8.83. The van der Waals surface area contributed by atoms with Crippen molar-refractivity contribution in [3.8, 4) is 0 Å². The number of nitrogens with zero attached hydrogens (tertiary/aromatic N) is 1. The number of piperazine rings is 1. The predicted molar refractivity (Wildman–Crippen MR) is 53.6 cm³/mol. The fraction of sp³-hybridized carbons (Fsp3) is 0.600. The number of nitrogens with one attached hydrogen (secondary N) is 1. The largest absolute Gasteiger partial charge is 0.343 e. The van der Waals surface area contributed by atoms with Crippen LogP contribution in [0.5, 0.6) is 0 Å². The SMILES string of the molecule is C=CCN1C(=O)C(C)NC(=O)C1(C)C. The van der Waals surface area contributed by atoms with E-state index < -0.39 is 11.6 Å². The van der Waals surface area contributed by atoms with Gasteiger partial charge in [-0.15, -0.1) is 6.58 Å². The molecule has 1 rings (SSSR count). The minimum atomic E-state index is -0.780. The summed E-state index contributed by atoms with van der Waals surface area (Å²) in [4.78, 5) is 24.9. The summed E-state index contributed by atoms with van der Waals surface area (Å²) >= 11 is 0. The molecule has 2 amide bonds. The predicted octanol–water partition coefficient (Wildman–Crippen LogP) is 0.298. The monoisotopic (exact) mass is 196 g/mol. The van der Waals surface area contributed by atoms with Gasteiger partial charge in [0.25, 0.3) is 0 Å². The van der Waals surface area contributed by atoms with Crippen LogP contribution < -0.4 is 5.32 Å². The van der Waals surface area contributed by atoms with Crippen molar-refractivity contribution in [1.29, 1.82) is 0 Å². The van der Waals surface area contributed by atoms with E-state index in [2.05, 4.69) is 11.9 Å². The number of carbonyl (C=O) groups excluding carboxylic acids is 2. The zero-order valence-corrected chi connectivity index (χ0v) is 8.83. The maximum atomic E-state index is 11.7. The van der Waals surface area contributed by atoms with E-state index in [1.165, 1.54) is 0 Å². The number of hydrogen-bond donors (Lipinski definition) is 1. The van der Waals surface area contributed by atoms with Gasteiger partial charge in [-0.3, -0.25) is 9.59 Å². The Hall–Kier alpha value is -1.32. The molecule has 0 aromatic carbocycles. The molecule has 4 heteroatoms. The van der Waals surface area contributed by atoms with Gasteiger partial charge in [0.2, 0.25) is 11.8 Å². The normalized spacial score (nSPS) is 25.9. The van der Waals surface area contributed by atoms with Crippen LogP contribution in [0.2, 0.25) is 0 Å². The smallest absolute Gasteiger partial charge is 0.246 e. The Morgan fingerprint density at radius 2 is 2.14 bits per heavy atom. The molecule has 1 fully saturated rings. The fourth-order valence-corrected chi connectivity index (χ4v) is 1.51. The molecule has 0 saturated carbocycles. The van der Waals surface area contributed by atoms with Gasteiger partial charge in [0.15, 0.2) is 0 Å². The molecule has 4 nitrogen and oxygen atoms in total. The summed E-state index contributed by atoms with van der Waals surface area (Å²) in [7, 11) is 0. The second kappa shape index (κ2) is 3.44. The molecule has 14 heavy (non-hydrogen) atoms. The maximum Gasteiger partial charge on any atom is 0.246 e. The summed E-state index contributed by atoms with van der Waals surface area (Å²) < 4.78 is 0. The van der Waals surface area contributed by atoms with Gasteiger partial charge in [0.1, 0.15) is 11.6 Å². The van der Waals surface area contributed by atoms with Crippen LogP contribution in [0.3, 0.4) is 0 Å². The number of hydrogen-bond acceptors (Lipinski definition) is 2. The van der Waals surface area contributed by atoms with E-state index >= 15 is 0 Å². The van der Waals surface area contributed by atoms with E-state index in [4.69, 9.17) is 0 Å². The van der Waals surface area contributed by atoms with E-state index in [1.54, 1.807) is 31.7 Å². The molecule has 1 aliphatic heterocycles. The Morgan fingerprint density at radius 3 is 2.64 bits per heavy atom.